The quantitative estimate of drug-likeness (QED) is 0.580. The van der Waals surface area contributed by atoms with Crippen molar-refractivity contribution in [1.82, 2.24) is 9.47 Å². The van der Waals surface area contributed by atoms with Gasteiger partial charge in [-0.1, -0.05) is 6.07 Å². The molecule has 1 atom stereocenters. The highest BCUT2D eigenvalue weighted by Crippen LogP contribution is 2.34. The van der Waals surface area contributed by atoms with Gasteiger partial charge in [-0.2, -0.15) is 0 Å². The average molecular weight is 490 g/mol. The van der Waals surface area contributed by atoms with Gasteiger partial charge in [0, 0.05) is 43.0 Å². The molecule has 2 aromatic rings. The van der Waals surface area contributed by atoms with E-state index in [-0.39, 0.29) is 36.4 Å². The second-order valence-corrected chi connectivity index (χ2v) is 9.14. The van der Waals surface area contributed by atoms with Crippen LogP contribution in [0, 0.1) is 31.4 Å². The highest BCUT2D eigenvalue weighted by Gasteiger charge is 2.34. The second kappa shape index (κ2) is 10.8. The molecule has 1 amide bonds. The lowest BCUT2D eigenvalue weighted by Gasteiger charge is -2.32. The van der Waals surface area contributed by atoms with Gasteiger partial charge in [-0.15, -0.1) is 0 Å². The molecule has 2 fully saturated rings. The summed E-state index contributed by atoms with van der Waals surface area (Å²) in [6.45, 7) is 8.97. The Bertz CT molecular complexity index is 1070. The molecule has 1 aromatic carbocycles. The number of hydrogen-bond donors (Lipinski definition) is 0. The van der Waals surface area contributed by atoms with Crippen LogP contribution in [0.4, 0.5) is 14.5 Å². The predicted molar refractivity (Wildman–Crippen MR) is 128 cm³/mol. The zero-order valence-corrected chi connectivity index (χ0v) is 20.6. The van der Waals surface area contributed by atoms with Gasteiger partial charge in [0.15, 0.2) is 0 Å². The number of carbonyl (C=O) groups excluding carboxylic acids is 2. The molecule has 190 valence electrons. The molecule has 0 saturated carbocycles. The smallest absolute Gasteiger partial charge is 0.310 e. The molecule has 1 aromatic heterocycles. The first-order valence-electron chi connectivity index (χ1n) is 12.2. The van der Waals surface area contributed by atoms with E-state index in [2.05, 4.69) is 4.90 Å². The topological polar surface area (TPSA) is 64.0 Å². The molecule has 9 heteroatoms. The Kier molecular flexibility index (Phi) is 7.74. The molecule has 3 heterocycles. The van der Waals surface area contributed by atoms with Crippen LogP contribution < -0.4 is 4.90 Å². The summed E-state index contributed by atoms with van der Waals surface area (Å²) < 4.78 is 41.6. The minimum Gasteiger partial charge on any atom is -0.466 e. The highest BCUT2D eigenvalue weighted by atomic mass is 19.1. The number of anilines is 1. The Balaban J connectivity index is 1.74. The molecular formula is C26H33F2N3O4. The lowest BCUT2D eigenvalue weighted by atomic mass is 9.97. The molecule has 7 nitrogen and oxygen atoms in total. The molecule has 0 spiro atoms. The highest BCUT2D eigenvalue weighted by molar-refractivity contribution is 5.97. The molecule has 2 aliphatic rings. The Morgan fingerprint density at radius 3 is 2.46 bits per heavy atom. The van der Waals surface area contributed by atoms with E-state index in [0.717, 1.165) is 16.9 Å². The standard InChI is InChI=1S/C26H33F2N3O4/c1-4-35-26(33)19-7-6-10-30(15-19)25(32)24-17(2)23(29-11-13-34-14-12-29)18(3)31(24)16-20-21(27)8-5-9-22(20)28/h5,8-9,19H,4,6-7,10-16H2,1-3H3/t19-/m0/s1. The maximum Gasteiger partial charge on any atom is 0.310 e. The third kappa shape index (κ3) is 5.05. The molecule has 2 aliphatic heterocycles. The average Bonchev–Trinajstić information content (AvgIpc) is 3.10. The number of benzene rings is 1. The molecule has 0 N–H and O–H groups in total. The Hall–Kier alpha value is -2.94. The van der Waals surface area contributed by atoms with Crippen LogP contribution in [-0.2, 0) is 20.8 Å². The van der Waals surface area contributed by atoms with Crippen molar-refractivity contribution in [3.8, 4) is 0 Å². The van der Waals surface area contributed by atoms with Crippen LogP contribution in [0.1, 0.15) is 47.1 Å². The molecule has 0 unspecified atom stereocenters. The minimum absolute atomic E-state index is 0.0868. The Morgan fingerprint density at radius 2 is 1.80 bits per heavy atom. The predicted octanol–water partition coefficient (Wildman–Crippen LogP) is 3.68. The van der Waals surface area contributed by atoms with Gasteiger partial charge in [-0.25, -0.2) is 8.78 Å². The van der Waals surface area contributed by atoms with E-state index in [1.807, 2.05) is 13.8 Å². The molecule has 0 aliphatic carbocycles. The SMILES string of the molecule is CCOC(=O)[C@H]1CCCN(C(=O)c2c(C)c(N3CCOCC3)c(C)n2Cc2c(F)cccc2F)C1. The number of nitrogens with zero attached hydrogens (tertiary/aromatic N) is 3. The molecule has 0 radical (unpaired) electrons. The number of carbonyl (C=O) groups is 2. The summed E-state index contributed by atoms with van der Waals surface area (Å²) in [5, 5.41) is 0. The fourth-order valence-electron chi connectivity index (χ4n) is 5.21. The minimum atomic E-state index is -0.651. The summed E-state index contributed by atoms with van der Waals surface area (Å²) in [5.41, 5.74) is 2.75. The summed E-state index contributed by atoms with van der Waals surface area (Å²) in [6.07, 6.45) is 1.35. The fourth-order valence-corrected chi connectivity index (χ4v) is 5.21. The number of hydrogen-bond acceptors (Lipinski definition) is 5. The van der Waals surface area contributed by atoms with Gasteiger partial charge in [0.25, 0.3) is 5.91 Å². The van der Waals surface area contributed by atoms with Gasteiger partial charge < -0.3 is 23.8 Å². The summed E-state index contributed by atoms with van der Waals surface area (Å²) in [4.78, 5) is 30.1. The van der Waals surface area contributed by atoms with Gasteiger partial charge in [0.05, 0.1) is 38.0 Å². The number of likely N-dealkylation sites (tertiary alicyclic amines) is 1. The molecular weight excluding hydrogens is 456 g/mol. The fraction of sp³-hybridized carbons (Fsp3) is 0.538. The third-order valence-corrected chi connectivity index (χ3v) is 6.96. The molecule has 0 bridgehead atoms. The first-order valence-corrected chi connectivity index (χ1v) is 12.2. The van der Waals surface area contributed by atoms with E-state index in [1.54, 1.807) is 16.4 Å². The number of esters is 1. The molecule has 2 saturated heterocycles. The van der Waals surface area contributed by atoms with Crippen molar-refractivity contribution in [2.45, 2.75) is 40.2 Å². The molecule has 4 rings (SSSR count). The number of aromatic nitrogens is 1. The zero-order valence-electron chi connectivity index (χ0n) is 20.6. The van der Waals surface area contributed by atoms with Crippen LogP contribution in [0.15, 0.2) is 18.2 Å². The summed E-state index contributed by atoms with van der Waals surface area (Å²) in [5.74, 6) is -2.21. The van der Waals surface area contributed by atoms with Crippen molar-refractivity contribution >= 4 is 17.6 Å². The number of halogens is 2. The van der Waals surface area contributed by atoms with Crippen molar-refractivity contribution in [1.29, 1.82) is 0 Å². The van der Waals surface area contributed by atoms with E-state index in [4.69, 9.17) is 9.47 Å². The van der Waals surface area contributed by atoms with Crippen molar-refractivity contribution in [2.75, 3.05) is 50.9 Å². The summed E-state index contributed by atoms with van der Waals surface area (Å²) in [7, 11) is 0. The first kappa shape index (κ1) is 25.2. The van der Waals surface area contributed by atoms with E-state index in [0.29, 0.717) is 58.0 Å². The number of rotatable bonds is 6. The normalized spacial score (nSPS) is 18.6. The number of morpholine rings is 1. The van der Waals surface area contributed by atoms with Crippen LogP contribution in [0.5, 0.6) is 0 Å². The molecule has 35 heavy (non-hydrogen) atoms. The lowest BCUT2D eigenvalue weighted by molar-refractivity contribution is -0.149. The summed E-state index contributed by atoms with van der Waals surface area (Å²) >= 11 is 0. The van der Waals surface area contributed by atoms with Gasteiger partial charge >= 0.3 is 5.97 Å². The number of ether oxygens (including phenoxy) is 2. The Labute approximate surface area is 204 Å². The largest absolute Gasteiger partial charge is 0.466 e. The van der Waals surface area contributed by atoms with Crippen LogP contribution >= 0.6 is 0 Å². The van der Waals surface area contributed by atoms with Gasteiger partial charge in [-0.05, 0) is 45.7 Å². The number of piperidine rings is 1. The van der Waals surface area contributed by atoms with E-state index < -0.39 is 11.6 Å². The first-order chi connectivity index (χ1) is 16.8. The van der Waals surface area contributed by atoms with Crippen molar-refractivity contribution in [2.24, 2.45) is 5.92 Å². The van der Waals surface area contributed by atoms with Gasteiger partial charge in [-0.3, -0.25) is 9.59 Å². The van der Waals surface area contributed by atoms with E-state index >= 15 is 0 Å². The number of amides is 1. The summed E-state index contributed by atoms with van der Waals surface area (Å²) in [6, 6.07) is 3.78. The van der Waals surface area contributed by atoms with Crippen molar-refractivity contribution in [3.05, 3.63) is 52.3 Å². The van der Waals surface area contributed by atoms with Crippen LogP contribution in [0.25, 0.3) is 0 Å². The van der Waals surface area contributed by atoms with Crippen LogP contribution in [0.3, 0.4) is 0 Å². The second-order valence-electron chi connectivity index (χ2n) is 9.14. The van der Waals surface area contributed by atoms with Crippen LogP contribution in [0.2, 0.25) is 0 Å². The van der Waals surface area contributed by atoms with Gasteiger partial charge in [0.2, 0.25) is 0 Å². The van der Waals surface area contributed by atoms with Crippen molar-refractivity contribution in [3.63, 3.8) is 0 Å². The maximum absolute atomic E-state index is 14.6. The van der Waals surface area contributed by atoms with Crippen molar-refractivity contribution < 1.29 is 27.8 Å². The van der Waals surface area contributed by atoms with Gasteiger partial charge in [0.1, 0.15) is 17.3 Å². The Morgan fingerprint density at radius 1 is 1.11 bits per heavy atom. The maximum atomic E-state index is 14.6. The zero-order chi connectivity index (χ0) is 25.1. The monoisotopic (exact) mass is 489 g/mol. The van der Waals surface area contributed by atoms with Crippen LogP contribution in [-0.4, -0.2) is 67.3 Å². The third-order valence-electron chi connectivity index (χ3n) is 6.96. The van der Waals surface area contributed by atoms with E-state index in [1.165, 1.54) is 18.2 Å². The lowest BCUT2D eigenvalue weighted by Crippen LogP contribution is -2.43. The van der Waals surface area contributed by atoms with E-state index in [9.17, 15) is 18.4 Å².